The van der Waals surface area contributed by atoms with E-state index in [-0.39, 0.29) is 18.1 Å². The van der Waals surface area contributed by atoms with Crippen molar-refractivity contribution in [2.75, 3.05) is 70.5 Å². The number of hydrogen-bond donors (Lipinski definition) is 0. The zero-order valence-electron chi connectivity index (χ0n) is 24.9. The van der Waals surface area contributed by atoms with Crippen LogP contribution in [0.25, 0.3) is 16.6 Å². The molecule has 0 radical (unpaired) electrons. The molecule has 11 nitrogen and oxygen atoms in total. The topological polar surface area (TPSA) is 102 Å². The maximum Gasteiger partial charge on any atom is 0.320 e. The van der Waals surface area contributed by atoms with Gasteiger partial charge in [0.25, 0.3) is 0 Å². The third-order valence-electron chi connectivity index (χ3n) is 10.7. The van der Waals surface area contributed by atoms with Crippen LogP contribution in [0.15, 0.2) is 36.8 Å². The minimum atomic E-state index is 0.234. The summed E-state index contributed by atoms with van der Waals surface area (Å²) < 4.78 is 13.3. The van der Waals surface area contributed by atoms with Crippen LogP contribution in [0.2, 0.25) is 0 Å². The molecule has 5 aliphatic heterocycles. The van der Waals surface area contributed by atoms with Crippen molar-refractivity contribution in [3.63, 3.8) is 0 Å². The molecular formula is C32H38N8O3. The molecule has 3 aromatic heterocycles. The predicted molar refractivity (Wildman–Crippen MR) is 160 cm³/mol. The summed E-state index contributed by atoms with van der Waals surface area (Å²) >= 11 is 0. The highest BCUT2D eigenvalue weighted by Crippen LogP contribution is 2.62. The summed E-state index contributed by atoms with van der Waals surface area (Å²) in [4.78, 5) is 27.1. The van der Waals surface area contributed by atoms with Crippen molar-refractivity contribution in [1.29, 1.82) is 5.26 Å². The molecule has 43 heavy (non-hydrogen) atoms. The van der Waals surface area contributed by atoms with Gasteiger partial charge in [-0.15, -0.1) is 0 Å². The number of likely N-dealkylation sites (tertiary alicyclic amines) is 1. The largest absolute Gasteiger partial charge is 0.491 e. The Morgan fingerprint density at radius 2 is 1.88 bits per heavy atom. The lowest BCUT2D eigenvalue weighted by atomic mass is 9.87. The number of piperidine rings is 2. The summed E-state index contributed by atoms with van der Waals surface area (Å²) in [5, 5.41) is 14.2. The van der Waals surface area contributed by atoms with Crippen molar-refractivity contribution in [2.24, 2.45) is 17.3 Å². The van der Waals surface area contributed by atoms with Crippen LogP contribution in [0, 0.1) is 28.6 Å². The van der Waals surface area contributed by atoms with E-state index in [2.05, 4.69) is 50.7 Å². The molecule has 11 heteroatoms. The van der Waals surface area contributed by atoms with Crippen LogP contribution in [-0.2, 0) is 4.74 Å². The van der Waals surface area contributed by atoms with Crippen molar-refractivity contribution < 1.29 is 14.3 Å². The number of hydrogen-bond acceptors (Lipinski definition) is 8. The van der Waals surface area contributed by atoms with Gasteiger partial charge in [0.15, 0.2) is 0 Å². The molecule has 1 saturated carbocycles. The highest BCUT2D eigenvalue weighted by Gasteiger charge is 2.63. The second kappa shape index (κ2) is 10.1. The number of anilines is 1. The van der Waals surface area contributed by atoms with E-state index in [4.69, 9.17) is 14.5 Å². The highest BCUT2D eigenvalue weighted by molar-refractivity contribution is 5.85. The molecule has 8 heterocycles. The number of piperazine rings is 1. The maximum absolute atomic E-state index is 13.3. The Kier molecular flexibility index (Phi) is 6.28. The highest BCUT2D eigenvalue weighted by atomic mass is 16.5. The first kappa shape index (κ1) is 26.7. The van der Waals surface area contributed by atoms with Crippen LogP contribution in [0.3, 0.4) is 0 Å². The minimum absolute atomic E-state index is 0.234. The predicted octanol–water partition coefficient (Wildman–Crippen LogP) is 2.95. The molecule has 0 spiro atoms. The van der Waals surface area contributed by atoms with Crippen molar-refractivity contribution in [3.05, 3.63) is 42.4 Å². The normalized spacial score (nSPS) is 27.5. The third kappa shape index (κ3) is 4.50. The van der Waals surface area contributed by atoms with E-state index in [1.165, 1.54) is 0 Å². The van der Waals surface area contributed by atoms with Crippen LogP contribution in [0.5, 0.6) is 5.75 Å². The third-order valence-corrected chi connectivity index (χ3v) is 10.7. The number of amides is 2. The Morgan fingerprint density at radius 3 is 2.58 bits per heavy atom. The van der Waals surface area contributed by atoms with Crippen LogP contribution < -0.4 is 9.64 Å². The zero-order chi connectivity index (χ0) is 29.3. The van der Waals surface area contributed by atoms with E-state index in [1.807, 2.05) is 24.5 Å². The van der Waals surface area contributed by atoms with Crippen molar-refractivity contribution in [1.82, 2.24) is 29.3 Å². The lowest BCUT2D eigenvalue weighted by molar-refractivity contribution is 0.0188. The Hall–Kier alpha value is -3.88. The summed E-state index contributed by atoms with van der Waals surface area (Å²) in [6, 6.07) is 9.09. The molecule has 0 N–H and O–H groups in total. The van der Waals surface area contributed by atoms with Gasteiger partial charge in [-0.1, -0.05) is 13.8 Å². The number of nitrogens with zero attached hydrogens (tertiary/aromatic N) is 8. The first-order valence-electron chi connectivity index (χ1n) is 15.5. The number of carbonyl (C=O) groups excluding carboxylic acids is 1. The van der Waals surface area contributed by atoms with E-state index >= 15 is 0 Å². The first-order chi connectivity index (χ1) is 20.9. The molecule has 5 saturated heterocycles. The Balaban J connectivity index is 0.956. The van der Waals surface area contributed by atoms with Crippen molar-refractivity contribution in [3.8, 4) is 22.9 Å². The number of rotatable bonds is 6. The number of morpholine rings is 1. The summed E-state index contributed by atoms with van der Waals surface area (Å²) in [6.07, 6.45) is 6.37. The average Bonchev–Trinajstić information content (AvgIpc) is 3.43. The van der Waals surface area contributed by atoms with Crippen LogP contribution in [0.1, 0.15) is 25.8 Å². The molecule has 1 aliphatic carbocycles. The number of pyridine rings is 2. The summed E-state index contributed by atoms with van der Waals surface area (Å²) in [6.45, 7) is 12.8. The summed E-state index contributed by atoms with van der Waals surface area (Å²) in [5.74, 6) is 2.96. The smallest absolute Gasteiger partial charge is 0.320 e. The monoisotopic (exact) mass is 582 g/mol. The molecular weight excluding hydrogens is 544 g/mol. The standard InChI is InChI=1S/C32H38N8O3/c1-32(2)27-19-38(20-28(27)32)31(41)40-23-11-24(40)17-37(16-23)29-4-3-21(14-34-29)26-12-25(18-39-30(26)22(13-33)15-35-39)43-10-7-36-5-8-42-9-6-36/h3-4,12,14-15,18,23-24,27-28H,5-11,16-17,19-20H2,1-2H3. The molecule has 3 aromatic rings. The molecule has 6 aliphatic rings. The average molecular weight is 583 g/mol. The van der Waals surface area contributed by atoms with Gasteiger partial charge in [-0.2, -0.15) is 10.4 Å². The van der Waals surface area contributed by atoms with Gasteiger partial charge in [0.2, 0.25) is 0 Å². The fourth-order valence-corrected chi connectivity index (χ4v) is 7.89. The second-order valence-corrected chi connectivity index (χ2v) is 13.3. The Labute approximate surface area is 251 Å². The minimum Gasteiger partial charge on any atom is -0.491 e. The second-order valence-electron chi connectivity index (χ2n) is 13.3. The maximum atomic E-state index is 13.3. The molecule has 2 bridgehead atoms. The van der Waals surface area contributed by atoms with Gasteiger partial charge >= 0.3 is 6.03 Å². The van der Waals surface area contributed by atoms with Crippen LogP contribution in [0.4, 0.5) is 10.6 Å². The molecule has 2 amide bonds. The molecule has 9 rings (SSSR count). The first-order valence-corrected chi connectivity index (χ1v) is 15.5. The number of ether oxygens (including phenoxy) is 2. The van der Waals surface area contributed by atoms with E-state index in [9.17, 15) is 10.1 Å². The van der Waals surface area contributed by atoms with Crippen LogP contribution in [-0.4, -0.2) is 113 Å². The SMILES string of the molecule is CC1(C)C2CN(C(=O)N3C4CC3CN(c3ccc(-c5cc(OCCN6CCOCC6)cn6ncc(C#N)c56)cn3)C4)CC21. The van der Waals surface area contributed by atoms with Crippen molar-refractivity contribution in [2.45, 2.75) is 32.4 Å². The Morgan fingerprint density at radius 1 is 1.12 bits per heavy atom. The lowest BCUT2D eigenvalue weighted by Gasteiger charge is -2.57. The van der Waals surface area contributed by atoms with Crippen LogP contribution >= 0.6 is 0 Å². The number of carbonyl (C=O) groups is 1. The number of aromatic nitrogens is 3. The summed E-state index contributed by atoms with van der Waals surface area (Å²) in [5.41, 5.74) is 3.43. The molecule has 224 valence electrons. The van der Waals surface area contributed by atoms with Gasteiger partial charge < -0.3 is 24.2 Å². The van der Waals surface area contributed by atoms with Gasteiger partial charge in [-0.3, -0.25) is 4.90 Å². The van der Waals surface area contributed by atoms with Gasteiger partial charge in [-0.05, 0) is 41.9 Å². The fourth-order valence-electron chi connectivity index (χ4n) is 7.89. The van der Waals surface area contributed by atoms with Gasteiger partial charge in [0.1, 0.15) is 24.2 Å². The molecule has 4 unspecified atom stereocenters. The summed E-state index contributed by atoms with van der Waals surface area (Å²) in [7, 11) is 0. The van der Waals surface area contributed by atoms with Gasteiger partial charge in [0, 0.05) is 63.1 Å². The molecule has 4 atom stereocenters. The lowest BCUT2D eigenvalue weighted by Crippen LogP contribution is -2.72. The van der Waals surface area contributed by atoms with Crippen molar-refractivity contribution >= 4 is 17.4 Å². The number of nitriles is 1. The quantitative estimate of drug-likeness (QED) is 0.437. The number of urea groups is 1. The van der Waals surface area contributed by atoms with Gasteiger partial charge in [0.05, 0.1) is 48.8 Å². The van der Waals surface area contributed by atoms with Gasteiger partial charge in [-0.25, -0.2) is 14.3 Å². The van der Waals surface area contributed by atoms with E-state index in [0.29, 0.717) is 35.2 Å². The van der Waals surface area contributed by atoms with E-state index in [0.717, 1.165) is 87.9 Å². The molecule has 0 aromatic carbocycles. The number of fused-ring (bicyclic) bond motifs is 4. The fraction of sp³-hybridized carbons (Fsp3) is 0.562. The Bertz CT molecular complexity index is 1560. The van der Waals surface area contributed by atoms with E-state index in [1.54, 1.807) is 10.7 Å². The zero-order valence-corrected chi connectivity index (χ0v) is 24.9. The van der Waals surface area contributed by atoms with E-state index < -0.39 is 0 Å². The molecule has 6 fully saturated rings.